The second kappa shape index (κ2) is 9.61. The van der Waals surface area contributed by atoms with Crippen molar-refractivity contribution in [1.29, 1.82) is 0 Å². The van der Waals surface area contributed by atoms with Crippen LogP contribution < -0.4 is 11.3 Å². The van der Waals surface area contributed by atoms with E-state index in [9.17, 15) is 9.90 Å². The molecule has 188 valence electrons. The molecule has 37 heavy (non-hydrogen) atoms. The van der Waals surface area contributed by atoms with Crippen molar-refractivity contribution in [1.82, 2.24) is 24.5 Å². The van der Waals surface area contributed by atoms with E-state index in [1.54, 1.807) is 4.68 Å². The summed E-state index contributed by atoms with van der Waals surface area (Å²) in [5.74, 6) is 1.74. The maximum atomic E-state index is 11.7. The Hall–Kier alpha value is -4.33. The molecule has 2 aliphatic carbocycles. The minimum Gasteiger partial charge on any atom is -0.507 e. The van der Waals surface area contributed by atoms with E-state index in [0.717, 1.165) is 41.4 Å². The van der Waals surface area contributed by atoms with Gasteiger partial charge in [0.15, 0.2) is 0 Å². The molecule has 3 aromatic heterocycles. The van der Waals surface area contributed by atoms with Crippen LogP contribution in [0.15, 0.2) is 77.6 Å². The number of H-pyrrole nitrogens is 1. The first kappa shape index (κ1) is 23.1. The number of benzene rings is 2. The molecule has 0 spiro atoms. The molecule has 8 heteroatoms. The monoisotopic (exact) mass is 494 g/mol. The van der Waals surface area contributed by atoms with Crippen LogP contribution >= 0.6 is 0 Å². The third-order valence-corrected chi connectivity index (χ3v) is 7.45. The van der Waals surface area contributed by atoms with Crippen molar-refractivity contribution in [2.75, 3.05) is 5.73 Å². The molecule has 0 unspecified atom stereocenters. The molecular weight excluding hydrogens is 464 g/mol. The average molecular weight is 495 g/mol. The zero-order chi connectivity index (χ0) is 25.4. The summed E-state index contributed by atoms with van der Waals surface area (Å²) >= 11 is 0. The molecule has 0 amide bonds. The first-order chi connectivity index (χ1) is 18.1. The lowest BCUT2D eigenvalue weighted by Crippen LogP contribution is -2.10. The Labute approximate surface area is 214 Å². The first-order valence-electron chi connectivity index (χ1n) is 12.9. The van der Waals surface area contributed by atoms with Crippen molar-refractivity contribution in [3.8, 4) is 17.1 Å². The highest BCUT2D eigenvalue weighted by Crippen LogP contribution is 2.41. The van der Waals surface area contributed by atoms with Crippen molar-refractivity contribution in [2.24, 2.45) is 0 Å². The topological polar surface area (TPSA) is 115 Å². The smallest absolute Gasteiger partial charge is 0.253 e. The summed E-state index contributed by atoms with van der Waals surface area (Å²) in [6.45, 7) is 0. The molecule has 2 saturated carbocycles. The standard InChI is InChI=1S/C16H15N3O2.C13H15N3/c20-12-9-13(21)17-16-14(12)15(10-5-4-6-10)18-19(16)11-7-2-1-3-8-11;14-13-9-12(10-5-4-6-10)15-16(13)11-7-2-1-3-8-11/h1-3,7-10H,4-6H2,(H2,17,20,21);1-3,7-10H,4-6,14H2. The van der Waals surface area contributed by atoms with Gasteiger partial charge in [-0.15, -0.1) is 0 Å². The van der Waals surface area contributed by atoms with E-state index in [0.29, 0.717) is 22.9 Å². The molecule has 2 aliphatic rings. The number of para-hydroxylation sites is 2. The summed E-state index contributed by atoms with van der Waals surface area (Å²) in [6.07, 6.45) is 7.19. The van der Waals surface area contributed by atoms with Gasteiger partial charge in [0.25, 0.3) is 5.56 Å². The van der Waals surface area contributed by atoms with E-state index in [-0.39, 0.29) is 11.3 Å². The minimum atomic E-state index is -0.322. The third-order valence-electron chi connectivity index (χ3n) is 7.45. The number of nitrogens with zero attached hydrogens (tertiary/aromatic N) is 4. The summed E-state index contributed by atoms with van der Waals surface area (Å²) in [7, 11) is 0. The van der Waals surface area contributed by atoms with E-state index in [1.807, 2.05) is 71.4 Å². The SMILES string of the molecule is Nc1cc(C2CCC2)nn1-c1ccccc1.O=c1cc(O)c2c(C3CCC3)nn(-c3ccccc3)c2[nH]1. The predicted octanol–water partition coefficient (Wildman–Crippen LogP) is 5.41. The van der Waals surface area contributed by atoms with Crippen LogP contribution in [0.3, 0.4) is 0 Å². The Balaban J connectivity index is 0.000000141. The maximum absolute atomic E-state index is 11.7. The fourth-order valence-electron chi connectivity index (χ4n) is 4.97. The van der Waals surface area contributed by atoms with E-state index in [4.69, 9.17) is 5.73 Å². The van der Waals surface area contributed by atoms with Crippen LogP contribution in [0.2, 0.25) is 0 Å². The number of nitrogen functional groups attached to an aromatic ring is 1. The van der Waals surface area contributed by atoms with Crippen molar-refractivity contribution in [3.05, 3.63) is 94.5 Å². The number of nitrogens with one attached hydrogen (secondary N) is 1. The summed E-state index contributed by atoms with van der Waals surface area (Å²) < 4.78 is 3.54. The lowest BCUT2D eigenvalue weighted by atomic mass is 9.82. The van der Waals surface area contributed by atoms with E-state index < -0.39 is 0 Å². The zero-order valence-electron chi connectivity index (χ0n) is 20.5. The number of rotatable bonds is 4. The van der Waals surface area contributed by atoms with Gasteiger partial charge in [-0.3, -0.25) is 4.79 Å². The summed E-state index contributed by atoms with van der Waals surface area (Å²) in [4.78, 5) is 14.5. The first-order valence-corrected chi connectivity index (χ1v) is 12.9. The number of aromatic nitrogens is 5. The number of aromatic amines is 1. The molecule has 0 bridgehead atoms. The van der Waals surface area contributed by atoms with Crippen molar-refractivity contribution >= 4 is 16.9 Å². The second-order valence-corrected chi connectivity index (χ2v) is 9.87. The van der Waals surface area contributed by atoms with Gasteiger partial charge >= 0.3 is 0 Å². The number of aromatic hydroxyl groups is 1. The van der Waals surface area contributed by atoms with Gasteiger partial charge in [-0.1, -0.05) is 49.2 Å². The van der Waals surface area contributed by atoms with Crippen LogP contribution in [-0.4, -0.2) is 29.7 Å². The Kier molecular flexibility index (Phi) is 6.00. The molecule has 0 atom stereocenters. The molecule has 4 N–H and O–H groups in total. The third kappa shape index (κ3) is 4.39. The Morgan fingerprint density at radius 3 is 1.97 bits per heavy atom. The molecule has 3 heterocycles. The number of pyridine rings is 1. The largest absolute Gasteiger partial charge is 0.507 e. The Bertz CT molecular complexity index is 1580. The van der Waals surface area contributed by atoms with Gasteiger partial charge in [0.2, 0.25) is 0 Å². The summed E-state index contributed by atoms with van der Waals surface area (Å²) in [6, 6.07) is 22.9. The number of anilines is 1. The van der Waals surface area contributed by atoms with Crippen LogP contribution in [0.4, 0.5) is 5.82 Å². The van der Waals surface area contributed by atoms with E-state index >= 15 is 0 Å². The van der Waals surface area contributed by atoms with Gasteiger partial charge in [0, 0.05) is 24.0 Å². The van der Waals surface area contributed by atoms with Crippen molar-refractivity contribution in [2.45, 2.75) is 50.4 Å². The molecule has 2 aromatic carbocycles. The highest BCUT2D eigenvalue weighted by Gasteiger charge is 2.28. The number of hydrogen-bond donors (Lipinski definition) is 3. The molecular formula is C29H30N6O2. The van der Waals surface area contributed by atoms with Crippen molar-refractivity contribution < 1.29 is 5.11 Å². The molecule has 0 radical (unpaired) electrons. The molecule has 8 nitrogen and oxygen atoms in total. The van der Waals surface area contributed by atoms with Gasteiger partial charge in [-0.05, 0) is 49.9 Å². The second-order valence-electron chi connectivity index (χ2n) is 9.87. The predicted molar refractivity (Wildman–Crippen MR) is 145 cm³/mol. The molecule has 5 aromatic rings. The number of nitrogens with two attached hydrogens (primary N) is 1. The summed E-state index contributed by atoms with van der Waals surface area (Å²) in [5.41, 5.74) is 10.2. The van der Waals surface area contributed by atoms with Gasteiger partial charge in [0.05, 0.1) is 28.1 Å². The highest BCUT2D eigenvalue weighted by molar-refractivity contribution is 5.86. The highest BCUT2D eigenvalue weighted by atomic mass is 16.3. The molecule has 0 saturated heterocycles. The normalized spacial score (nSPS) is 15.6. The van der Waals surface area contributed by atoms with E-state index in [1.165, 1.54) is 31.7 Å². The van der Waals surface area contributed by atoms with Gasteiger partial charge in [-0.25, -0.2) is 9.36 Å². The fraction of sp³-hybridized carbons (Fsp3) is 0.276. The van der Waals surface area contributed by atoms with Crippen LogP contribution in [-0.2, 0) is 0 Å². The minimum absolute atomic E-state index is 0.0119. The number of hydrogen-bond acceptors (Lipinski definition) is 5. The van der Waals surface area contributed by atoms with Gasteiger partial charge in [0.1, 0.15) is 17.2 Å². The van der Waals surface area contributed by atoms with E-state index in [2.05, 4.69) is 15.2 Å². The fourth-order valence-corrected chi connectivity index (χ4v) is 4.97. The van der Waals surface area contributed by atoms with Gasteiger partial charge < -0.3 is 15.8 Å². The lowest BCUT2D eigenvalue weighted by Gasteiger charge is -2.23. The van der Waals surface area contributed by atoms with Crippen molar-refractivity contribution in [3.63, 3.8) is 0 Å². The lowest BCUT2D eigenvalue weighted by molar-refractivity contribution is 0.409. The summed E-state index contributed by atoms with van der Waals surface area (Å²) in [5, 5.41) is 20.1. The van der Waals surface area contributed by atoms with Crippen LogP contribution in [0, 0.1) is 0 Å². The van der Waals surface area contributed by atoms with Crippen LogP contribution in [0.5, 0.6) is 5.75 Å². The van der Waals surface area contributed by atoms with Crippen LogP contribution in [0.1, 0.15) is 61.7 Å². The Morgan fingerprint density at radius 2 is 1.41 bits per heavy atom. The average Bonchev–Trinajstić information content (AvgIpc) is 3.39. The quantitative estimate of drug-likeness (QED) is 0.309. The molecule has 7 rings (SSSR count). The molecule has 2 fully saturated rings. The van der Waals surface area contributed by atoms with Gasteiger partial charge in [-0.2, -0.15) is 10.2 Å². The van der Waals surface area contributed by atoms with Crippen LogP contribution in [0.25, 0.3) is 22.4 Å². The molecule has 0 aliphatic heterocycles. The number of fused-ring (bicyclic) bond motifs is 1. The Morgan fingerprint density at radius 1 is 0.811 bits per heavy atom. The zero-order valence-corrected chi connectivity index (χ0v) is 20.5. The maximum Gasteiger partial charge on any atom is 0.253 e.